The molecule has 2 atom stereocenters. The molecule has 3 heterocycles. The molecular weight excluding hydrogens is 520 g/mol. The number of ether oxygens (including phenoxy) is 3. The molecule has 206 valence electrons. The number of nitrogens with zero attached hydrogens (tertiary/aromatic N) is 2. The van der Waals surface area contributed by atoms with Gasteiger partial charge in [0, 0.05) is 18.2 Å². The van der Waals surface area contributed by atoms with Crippen LogP contribution in [0.15, 0.2) is 96.7 Å². The van der Waals surface area contributed by atoms with Gasteiger partial charge in [0.15, 0.2) is 11.5 Å². The lowest BCUT2D eigenvalue weighted by atomic mass is 9.94. The summed E-state index contributed by atoms with van der Waals surface area (Å²) in [6.45, 7) is 2.31. The second-order valence-electron chi connectivity index (χ2n) is 10.00. The third-order valence-corrected chi connectivity index (χ3v) is 7.25. The van der Waals surface area contributed by atoms with Crippen LogP contribution >= 0.6 is 0 Å². The summed E-state index contributed by atoms with van der Waals surface area (Å²) in [5, 5.41) is 11.6. The van der Waals surface area contributed by atoms with Crippen LogP contribution in [0.25, 0.3) is 5.76 Å². The average molecular weight is 549 g/mol. The highest BCUT2D eigenvalue weighted by Crippen LogP contribution is 2.44. The molecule has 2 unspecified atom stereocenters. The molecule has 0 radical (unpaired) electrons. The van der Waals surface area contributed by atoms with Crippen molar-refractivity contribution in [3.05, 3.63) is 119 Å². The second kappa shape index (κ2) is 10.8. The van der Waals surface area contributed by atoms with E-state index in [-0.39, 0.29) is 23.3 Å². The van der Waals surface area contributed by atoms with Crippen molar-refractivity contribution in [3.63, 3.8) is 0 Å². The quantitative estimate of drug-likeness (QED) is 0.182. The molecule has 6 rings (SSSR count). The Bertz CT molecular complexity index is 1650. The lowest BCUT2D eigenvalue weighted by Gasteiger charge is -2.25. The van der Waals surface area contributed by atoms with Gasteiger partial charge in [-0.15, -0.1) is 0 Å². The lowest BCUT2D eigenvalue weighted by molar-refractivity contribution is -0.132. The van der Waals surface area contributed by atoms with Gasteiger partial charge in [0.25, 0.3) is 5.78 Å². The van der Waals surface area contributed by atoms with Crippen LogP contribution in [0.1, 0.15) is 35.2 Å². The Morgan fingerprint density at radius 3 is 2.56 bits per heavy atom. The normalized spacial score (nSPS) is 19.1. The third kappa shape index (κ3) is 4.89. The van der Waals surface area contributed by atoms with Crippen LogP contribution in [-0.4, -0.2) is 35.0 Å². The monoisotopic (exact) mass is 548 g/mol. The van der Waals surface area contributed by atoms with Crippen molar-refractivity contribution in [2.75, 3.05) is 12.0 Å². The van der Waals surface area contributed by atoms with Crippen molar-refractivity contribution in [2.24, 2.45) is 0 Å². The zero-order valence-electron chi connectivity index (χ0n) is 22.6. The number of aliphatic hydroxyl groups excluding tert-OH is 1. The maximum absolute atomic E-state index is 13.5. The van der Waals surface area contributed by atoms with Gasteiger partial charge in [-0.3, -0.25) is 14.5 Å². The molecule has 1 fully saturated rings. The number of carbonyl (C=O) groups excluding carboxylic acids is 2. The summed E-state index contributed by atoms with van der Waals surface area (Å²) in [4.78, 5) is 32.7. The maximum Gasteiger partial charge on any atom is 0.301 e. The minimum Gasteiger partial charge on any atom is -0.507 e. The van der Waals surface area contributed by atoms with E-state index in [4.69, 9.17) is 14.2 Å². The van der Waals surface area contributed by atoms with E-state index in [1.807, 2.05) is 37.3 Å². The Labute approximate surface area is 237 Å². The summed E-state index contributed by atoms with van der Waals surface area (Å²) in [7, 11) is 1.53. The van der Waals surface area contributed by atoms with Crippen LogP contribution in [-0.2, 0) is 22.6 Å². The number of hydrogen-bond acceptors (Lipinski definition) is 7. The molecule has 1 aromatic heterocycles. The highest BCUT2D eigenvalue weighted by atomic mass is 16.5. The van der Waals surface area contributed by atoms with E-state index in [0.29, 0.717) is 35.7 Å². The Morgan fingerprint density at radius 2 is 1.80 bits per heavy atom. The molecule has 8 heteroatoms. The zero-order valence-corrected chi connectivity index (χ0v) is 22.6. The molecule has 0 saturated carbocycles. The summed E-state index contributed by atoms with van der Waals surface area (Å²) >= 11 is 0. The molecule has 1 saturated heterocycles. The number of rotatable bonds is 7. The van der Waals surface area contributed by atoms with Crippen LogP contribution in [0.3, 0.4) is 0 Å². The van der Waals surface area contributed by atoms with E-state index in [1.165, 1.54) is 12.0 Å². The van der Waals surface area contributed by atoms with E-state index in [0.717, 1.165) is 16.9 Å². The summed E-state index contributed by atoms with van der Waals surface area (Å²) in [5.74, 6) is 0.116. The highest BCUT2D eigenvalue weighted by Gasteiger charge is 2.47. The molecule has 2 aliphatic rings. The fourth-order valence-electron chi connectivity index (χ4n) is 5.31. The number of anilines is 1. The number of aliphatic hydroxyl groups is 1. The Balaban J connectivity index is 1.44. The van der Waals surface area contributed by atoms with E-state index >= 15 is 0 Å². The highest BCUT2D eigenvalue weighted by molar-refractivity contribution is 6.51. The van der Waals surface area contributed by atoms with Gasteiger partial charge in [0.2, 0.25) is 0 Å². The average Bonchev–Trinajstić information content (AvgIpc) is 3.51. The number of methoxy groups -OCH3 is 1. The Kier molecular flexibility index (Phi) is 6.89. The van der Waals surface area contributed by atoms with Crippen molar-refractivity contribution >= 4 is 23.3 Å². The number of aromatic nitrogens is 1. The minimum absolute atomic E-state index is 0.0206. The van der Waals surface area contributed by atoms with Crippen LogP contribution < -0.4 is 19.1 Å². The predicted molar refractivity (Wildman–Crippen MR) is 153 cm³/mol. The largest absolute Gasteiger partial charge is 0.507 e. The van der Waals surface area contributed by atoms with Gasteiger partial charge in [0.05, 0.1) is 18.7 Å². The van der Waals surface area contributed by atoms with Crippen LogP contribution in [0, 0.1) is 0 Å². The Morgan fingerprint density at radius 1 is 1.00 bits per heavy atom. The zero-order chi connectivity index (χ0) is 28.5. The number of Topliss-reactive ketones (excluding diaryl/α,β-unsaturated/α-hetero) is 1. The first-order valence-corrected chi connectivity index (χ1v) is 13.3. The SMILES string of the molecule is COc1cc(C2/C(=C(\O)c3ccc4c(c3)CC(C)O4)C(=O)C(=O)N2c2ccccn2)ccc1OCc1ccccc1. The fourth-order valence-corrected chi connectivity index (χ4v) is 5.31. The van der Waals surface area contributed by atoms with Crippen molar-refractivity contribution in [1.82, 2.24) is 4.98 Å². The number of carbonyl (C=O) groups is 2. The molecule has 0 bridgehead atoms. The predicted octanol–water partition coefficient (Wildman–Crippen LogP) is 5.62. The lowest BCUT2D eigenvalue weighted by Crippen LogP contribution is -2.30. The van der Waals surface area contributed by atoms with Gasteiger partial charge in [-0.25, -0.2) is 4.98 Å². The molecule has 3 aromatic carbocycles. The first-order chi connectivity index (χ1) is 19.9. The van der Waals surface area contributed by atoms with Gasteiger partial charge in [0.1, 0.15) is 30.0 Å². The number of pyridine rings is 1. The van der Waals surface area contributed by atoms with Crippen LogP contribution in [0.4, 0.5) is 5.82 Å². The van der Waals surface area contributed by atoms with Crippen molar-refractivity contribution in [2.45, 2.75) is 32.1 Å². The summed E-state index contributed by atoms with van der Waals surface area (Å²) in [6, 6.07) is 24.4. The molecule has 4 aromatic rings. The number of hydrogen-bond donors (Lipinski definition) is 1. The molecule has 8 nitrogen and oxygen atoms in total. The standard InChI is InChI=1S/C33H28N2O6/c1-20-16-24-17-23(12-13-25(24)41-20)31(36)29-30(35(33(38)32(29)37)28-10-6-7-15-34-28)22-11-14-26(27(18-22)39-2)40-19-21-8-4-3-5-9-21/h3-15,17-18,20,30,36H,16,19H2,1-2H3/b31-29+. The van der Waals surface area contributed by atoms with Gasteiger partial charge in [-0.1, -0.05) is 42.5 Å². The Hall–Kier alpha value is -5.11. The van der Waals surface area contributed by atoms with Crippen molar-refractivity contribution in [3.8, 4) is 17.2 Å². The summed E-state index contributed by atoms with van der Waals surface area (Å²) < 4.78 is 17.5. The molecule has 1 N–H and O–H groups in total. The van der Waals surface area contributed by atoms with E-state index in [1.54, 1.807) is 60.8 Å². The first-order valence-electron chi connectivity index (χ1n) is 13.3. The summed E-state index contributed by atoms with van der Waals surface area (Å²) in [5.41, 5.74) is 2.88. The van der Waals surface area contributed by atoms with Gasteiger partial charge >= 0.3 is 5.91 Å². The first kappa shape index (κ1) is 26.1. The molecule has 0 aliphatic carbocycles. The third-order valence-electron chi connectivity index (χ3n) is 7.25. The topological polar surface area (TPSA) is 98.2 Å². The van der Waals surface area contributed by atoms with Gasteiger partial charge < -0.3 is 19.3 Å². The van der Waals surface area contributed by atoms with Gasteiger partial charge in [-0.2, -0.15) is 0 Å². The van der Waals surface area contributed by atoms with Crippen LogP contribution in [0.5, 0.6) is 17.2 Å². The number of ketones is 1. The number of amides is 1. The van der Waals surface area contributed by atoms with E-state index in [2.05, 4.69) is 4.98 Å². The number of fused-ring (bicyclic) bond motifs is 1. The number of benzene rings is 3. The smallest absolute Gasteiger partial charge is 0.301 e. The fraction of sp³-hybridized carbons (Fsp3) is 0.182. The van der Waals surface area contributed by atoms with Gasteiger partial charge in [-0.05, 0) is 66.1 Å². The van der Waals surface area contributed by atoms with Crippen LogP contribution in [0.2, 0.25) is 0 Å². The molecular formula is C33H28N2O6. The van der Waals surface area contributed by atoms with E-state index < -0.39 is 17.7 Å². The molecule has 2 aliphatic heterocycles. The summed E-state index contributed by atoms with van der Waals surface area (Å²) in [6.07, 6.45) is 2.25. The molecule has 1 amide bonds. The van der Waals surface area contributed by atoms with Crippen molar-refractivity contribution < 1.29 is 28.9 Å². The molecule has 41 heavy (non-hydrogen) atoms. The maximum atomic E-state index is 13.5. The van der Waals surface area contributed by atoms with E-state index in [9.17, 15) is 14.7 Å². The van der Waals surface area contributed by atoms with Crippen molar-refractivity contribution in [1.29, 1.82) is 0 Å². The molecule has 0 spiro atoms. The minimum atomic E-state index is -0.953. The second-order valence-corrected chi connectivity index (χ2v) is 10.00.